The summed E-state index contributed by atoms with van der Waals surface area (Å²) >= 11 is 1.47. The maximum Gasteiger partial charge on any atom is 0.126 e. The lowest BCUT2D eigenvalue weighted by Crippen LogP contribution is -2.38. The second kappa shape index (κ2) is 7.49. The van der Waals surface area contributed by atoms with Crippen LogP contribution >= 0.6 is 11.8 Å². The molecule has 0 spiro atoms. The Morgan fingerprint density at radius 3 is 2.33 bits per heavy atom. The lowest BCUT2D eigenvalue weighted by atomic mass is 10.1. The van der Waals surface area contributed by atoms with Crippen molar-refractivity contribution in [3.63, 3.8) is 0 Å². The van der Waals surface area contributed by atoms with Crippen LogP contribution in [0.4, 0.5) is 13.2 Å². The molecule has 6 heteroatoms. The molecule has 2 nitrogen and oxygen atoms in total. The molecule has 0 fully saturated rings. The minimum absolute atomic E-state index is 0.226. The minimum Gasteiger partial charge on any atom is -0.271 e. The van der Waals surface area contributed by atoms with Crippen LogP contribution in [0.1, 0.15) is 5.56 Å². The standard InChI is InChI=1S/C15H15F3N2S/c16-11-1-4-14(5-2-11)21-9-13(20-19)8-10-7-12(17)3-6-15(10)18/h1-7,13,20H,8-9,19H2. The summed E-state index contributed by atoms with van der Waals surface area (Å²) in [6.45, 7) is 0. The number of hydrogen-bond donors (Lipinski definition) is 2. The molecule has 0 aromatic heterocycles. The fourth-order valence-electron chi connectivity index (χ4n) is 1.86. The number of nitrogens with one attached hydrogen (secondary N) is 1. The third-order valence-corrected chi connectivity index (χ3v) is 4.15. The second-order valence-corrected chi connectivity index (χ2v) is 5.66. The van der Waals surface area contributed by atoms with Gasteiger partial charge in [0.05, 0.1) is 0 Å². The van der Waals surface area contributed by atoms with Crippen LogP contribution < -0.4 is 11.3 Å². The van der Waals surface area contributed by atoms with E-state index in [1.54, 1.807) is 12.1 Å². The zero-order valence-corrected chi connectivity index (χ0v) is 12.0. The zero-order chi connectivity index (χ0) is 15.2. The van der Waals surface area contributed by atoms with Gasteiger partial charge in [-0.25, -0.2) is 13.2 Å². The van der Waals surface area contributed by atoms with Crippen molar-refractivity contribution in [3.05, 3.63) is 65.5 Å². The van der Waals surface area contributed by atoms with Gasteiger partial charge in [-0.15, -0.1) is 11.8 Å². The summed E-state index contributed by atoms with van der Waals surface area (Å²) in [7, 11) is 0. The van der Waals surface area contributed by atoms with Crippen molar-refractivity contribution in [2.45, 2.75) is 17.4 Å². The highest BCUT2D eigenvalue weighted by Gasteiger charge is 2.12. The van der Waals surface area contributed by atoms with Crippen LogP contribution in [-0.4, -0.2) is 11.8 Å². The molecule has 0 saturated carbocycles. The summed E-state index contributed by atoms with van der Waals surface area (Å²) in [5.41, 5.74) is 2.87. The molecule has 21 heavy (non-hydrogen) atoms. The van der Waals surface area contributed by atoms with E-state index in [9.17, 15) is 13.2 Å². The molecule has 0 aliphatic carbocycles. The van der Waals surface area contributed by atoms with E-state index in [4.69, 9.17) is 5.84 Å². The van der Waals surface area contributed by atoms with Crippen LogP contribution in [0.25, 0.3) is 0 Å². The molecule has 2 aromatic rings. The average Bonchev–Trinajstić information content (AvgIpc) is 2.48. The van der Waals surface area contributed by atoms with Crippen LogP contribution in [0.15, 0.2) is 47.4 Å². The summed E-state index contributed by atoms with van der Waals surface area (Å²) in [6.07, 6.45) is 0.272. The lowest BCUT2D eigenvalue weighted by Gasteiger charge is -2.16. The molecule has 0 heterocycles. The summed E-state index contributed by atoms with van der Waals surface area (Å²) in [5, 5.41) is 0. The highest BCUT2D eigenvalue weighted by molar-refractivity contribution is 7.99. The van der Waals surface area contributed by atoms with Crippen LogP contribution in [0.5, 0.6) is 0 Å². The Balaban J connectivity index is 1.96. The van der Waals surface area contributed by atoms with Gasteiger partial charge in [-0.3, -0.25) is 11.3 Å². The monoisotopic (exact) mass is 312 g/mol. The minimum atomic E-state index is -0.478. The molecule has 112 valence electrons. The summed E-state index contributed by atoms with van der Waals surface area (Å²) in [6, 6.07) is 9.20. The molecule has 2 rings (SSSR count). The van der Waals surface area contributed by atoms with Crippen molar-refractivity contribution in [2.24, 2.45) is 5.84 Å². The first-order chi connectivity index (χ1) is 10.1. The van der Waals surface area contributed by atoms with Gasteiger partial charge < -0.3 is 0 Å². The Kier molecular flexibility index (Phi) is 5.67. The third-order valence-electron chi connectivity index (χ3n) is 2.97. The molecule has 0 bridgehead atoms. The smallest absolute Gasteiger partial charge is 0.126 e. The molecule has 2 aromatic carbocycles. The first-order valence-electron chi connectivity index (χ1n) is 6.37. The Morgan fingerprint density at radius 1 is 1.00 bits per heavy atom. The van der Waals surface area contributed by atoms with E-state index >= 15 is 0 Å². The topological polar surface area (TPSA) is 38.0 Å². The quantitative estimate of drug-likeness (QED) is 0.488. The van der Waals surface area contributed by atoms with E-state index in [0.29, 0.717) is 5.75 Å². The van der Waals surface area contributed by atoms with Gasteiger partial charge in [-0.2, -0.15) is 0 Å². The molecular weight excluding hydrogens is 297 g/mol. The largest absolute Gasteiger partial charge is 0.271 e. The molecule has 0 radical (unpaired) electrons. The van der Waals surface area contributed by atoms with Gasteiger partial charge in [0.15, 0.2) is 0 Å². The Hall–Kier alpha value is -1.50. The number of thioether (sulfide) groups is 1. The maximum atomic E-state index is 13.6. The highest BCUT2D eigenvalue weighted by Crippen LogP contribution is 2.20. The van der Waals surface area contributed by atoms with E-state index in [1.165, 1.54) is 30.0 Å². The third kappa shape index (κ3) is 4.77. The SMILES string of the molecule is NNC(CSc1ccc(F)cc1)Cc1cc(F)ccc1F. The predicted octanol–water partition coefficient (Wildman–Crippen LogP) is 3.27. The van der Waals surface area contributed by atoms with Crippen molar-refractivity contribution < 1.29 is 13.2 Å². The highest BCUT2D eigenvalue weighted by atomic mass is 32.2. The van der Waals surface area contributed by atoms with Gasteiger partial charge in [0.2, 0.25) is 0 Å². The van der Waals surface area contributed by atoms with Gasteiger partial charge in [-0.1, -0.05) is 0 Å². The molecular formula is C15H15F3N2S. The number of hydrazine groups is 1. The molecule has 3 N–H and O–H groups in total. The van der Waals surface area contributed by atoms with Crippen molar-refractivity contribution in [3.8, 4) is 0 Å². The van der Waals surface area contributed by atoms with Gasteiger partial charge in [0.25, 0.3) is 0 Å². The van der Waals surface area contributed by atoms with Gasteiger partial charge in [0, 0.05) is 16.7 Å². The zero-order valence-electron chi connectivity index (χ0n) is 11.2. The van der Waals surface area contributed by atoms with E-state index in [0.717, 1.165) is 17.0 Å². The van der Waals surface area contributed by atoms with Crippen LogP contribution in [0, 0.1) is 17.5 Å². The molecule has 0 aliphatic heterocycles. The first-order valence-corrected chi connectivity index (χ1v) is 7.35. The Morgan fingerprint density at radius 2 is 1.67 bits per heavy atom. The molecule has 1 unspecified atom stereocenters. The van der Waals surface area contributed by atoms with E-state index < -0.39 is 11.6 Å². The van der Waals surface area contributed by atoms with Crippen LogP contribution in [0.2, 0.25) is 0 Å². The van der Waals surface area contributed by atoms with Gasteiger partial charge >= 0.3 is 0 Å². The van der Waals surface area contributed by atoms with E-state index in [1.807, 2.05) is 0 Å². The second-order valence-electron chi connectivity index (χ2n) is 4.57. The van der Waals surface area contributed by atoms with Crippen molar-refractivity contribution in [1.82, 2.24) is 5.43 Å². The average molecular weight is 312 g/mol. The van der Waals surface area contributed by atoms with Crippen molar-refractivity contribution in [2.75, 3.05) is 5.75 Å². The fraction of sp³-hybridized carbons (Fsp3) is 0.200. The van der Waals surface area contributed by atoms with Crippen LogP contribution in [-0.2, 0) is 6.42 Å². The summed E-state index contributed by atoms with van der Waals surface area (Å²) in [4.78, 5) is 0.886. The van der Waals surface area contributed by atoms with Crippen molar-refractivity contribution in [1.29, 1.82) is 0 Å². The Labute approximate surface area is 125 Å². The van der Waals surface area contributed by atoms with E-state index in [-0.39, 0.29) is 23.8 Å². The summed E-state index contributed by atoms with van der Waals surface area (Å²) in [5.74, 6) is 4.78. The molecule has 0 aliphatic rings. The molecule has 0 saturated heterocycles. The van der Waals surface area contributed by atoms with Crippen LogP contribution in [0.3, 0.4) is 0 Å². The molecule has 1 atom stereocenters. The fourth-order valence-corrected chi connectivity index (χ4v) is 2.80. The molecule has 0 amide bonds. The Bertz CT molecular complexity index is 590. The number of halogens is 3. The first kappa shape index (κ1) is 15.9. The number of nitrogens with two attached hydrogens (primary N) is 1. The number of rotatable bonds is 6. The number of benzene rings is 2. The van der Waals surface area contributed by atoms with Gasteiger partial charge in [0.1, 0.15) is 17.5 Å². The van der Waals surface area contributed by atoms with E-state index in [2.05, 4.69) is 5.43 Å². The normalized spacial score (nSPS) is 12.4. The number of hydrogen-bond acceptors (Lipinski definition) is 3. The van der Waals surface area contributed by atoms with Crippen molar-refractivity contribution >= 4 is 11.8 Å². The maximum absolute atomic E-state index is 13.6. The predicted molar refractivity (Wildman–Crippen MR) is 78.3 cm³/mol. The summed E-state index contributed by atoms with van der Waals surface area (Å²) < 4.78 is 39.5. The van der Waals surface area contributed by atoms with Gasteiger partial charge in [-0.05, 0) is 54.4 Å². The lowest BCUT2D eigenvalue weighted by molar-refractivity contribution is 0.538.